The van der Waals surface area contributed by atoms with Crippen LogP contribution < -0.4 is 0 Å². The van der Waals surface area contributed by atoms with E-state index in [2.05, 4.69) is 49.4 Å². The molecule has 96 valence electrons. The molecule has 1 nitrogen and oxygen atoms in total. The molecule has 3 aliphatic carbocycles. The molecule has 0 aromatic heterocycles. The Balaban J connectivity index is 1.97. The number of fused-ring (bicyclic) bond motifs is 1. The second-order valence-corrected chi connectivity index (χ2v) is 6.36. The molecule has 0 aromatic rings. The number of rotatable bonds is 2. The van der Waals surface area contributed by atoms with Gasteiger partial charge >= 0.3 is 0 Å². The molecule has 4 unspecified atom stereocenters. The molecule has 0 spiro atoms. The van der Waals surface area contributed by atoms with Crippen LogP contribution in [-0.2, 0) is 0 Å². The van der Waals surface area contributed by atoms with Crippen LogP contribution in [0, 0.1) is 23.2 Å². The summed E-state index contributed by atoms with van der Waals surface area (Å²) in [5.41, 5.74) is 3.40. The van der Waals surface area contributed by atoms with Crippen molar-refractivity contribution in [1.29, 1.82) is 0 Å². The molecule has 0 heterocycles. The lowest BCUT2D eigenvalue weighted by Crippen LogP contribution is -2.41. The van der Waals surface area contributed by atoms with Crippen molar-refractivity contribution in [2.75, 3.05) is 7.05 Å². The molecule has 0 radical (unpaired) electrons. The lowest BCUT2D eigenvalue weighted by Gasteiger charge is -2.46. The quantitative estimate of drug-likeness (QED) is 0.643. The van der Waals surface area contributed by atoms with E-state index in [1.807, 2.05) is 7.05 Å². The number of nitrogens with zero attached hydrogens (tertiary/aromatic N) is 1. The van der Waals surface area contributed by atoms with Gasteiger partial charge in [-0.1, -0.05) is 38.2 Å². The van der Waals surface area contributed by atoms with Crippen molar-refractivity contribution < 1.29 is 0 Å². The van der Waals surface area contributed by atoms with Gasteiger partial charge in [0.2, 0.25) is 0 Å². The van der Waals surface area contributed by atoms with Gasteiger partial charge in [-0.2, -0.15) is 0 Å². The first-order chi connectivity index (χ1) is 8.65. The highest BCUT2D eigenvalue weighted by atomic mass is 14.7. The Morgan fingerprint density at radius 1 is 1.44 bits per heavy atom. The summed E-state index contributed by atoms with van der Waals surface area (Å²) in [6, 6.07) is 0. The van der Waals surface area contributed by atoms with Crippen LogP contribution in [0.1, 0.15) is 33.1 Å². The van der Waals surface area contributed by atoms with Crippen LogP contribution in [0.4, 0.5) is 0 Å². The highest BCUT2D eigenvalue weighted by Crippen LogP contribution is 2.60. The summed E-state index contributed by atoms with van der Waals surface area (Å²) < 4.78 is 0. The van der Waals surface area contributed by atoms with Crippen LogP contribution in [-0.4, -0.2) is 13.3 Å². The van der Waals surface area contributed by atoms with Gasteiger partial charge in [0, 0.05) is 18.7 Å². The van der Waals surface area contributed by atoms with E-state index in [1.54, 1.807) is 11.1 Å². The van der Waals surface area contributed by atoms with Crippen molar-refractivity contribution in [3.63, 3.8) is 0 Å². The largest absolute Gasteiger partial charge is 0.300 e. The number of hydrogen-bond donors (Lipinski definition) is 0. The van der Waals surface area contributed by atoms with E-state index >= 15 is 0 Å². The molecule has 4 atom stereocenters. The molecule has 18 heavy (non-hydrogen) atoms. The first kappa shape index (κ1) is 12.0. The zero-order valence-corrected chi connectivity index (χ0v) is 11.7. The van der Waals surface area contributed by atoms with Crippen molar-refractivity contribution in [3.8, 4) is 0 Å². The van der Waals surface area contributed by atoms with Crippen molar-refractivity contribution in [2.45, 2.75) is 33.1 Å². The van der Waals surface area contributed by atoms with E-state index < -0.39 is 0 Å². The Morgan fingerprint density at radius 2 is 2.28 bits per heavy atom. The van der Waals surface area contributed by atoms with Gasteiger partial charge < -0.3 is 0 Å². The normalized spacial score (nSPS) is 42.5. The fraction of sp³-hybridized carbons (Fsp3) is 0.588. The zero-order chi connectivity index (χ0) is 12.8. The standard InChI is InChI=1S/C17H23N/c1-12-9-15-16(12)14(10-17(15,2)11-18-3)13-7-5-4-6-8-13/h4-5,7,10-12,15-16H,6,8-9H2,1-3H3/b18-11-. The molecule has 0 aliphatic heterocycles. The van der Waals surface area contributed by atoms with Crippen LogP contribution in [0.15, 0.2) is 40.4 Å². The Kier molecular flexibility index (Phi) is 2.80. The lowest BCUT2D eigenvalue weighted by molar-refractivity contribution is 0.0874. The summed E-state index contributed by atoms with van der Waals surface area (Å²) in [6.07, 6.45) is 15.3. The summed E-state index contributed by atoms with van der Waals surface area (Å²) in [5, 5.41) is 0. The summed E-state index contributed by atoms with van der Waals surface area (Å²) in [5.74, 6) is 2.42. The van der Waals surface area contributed by atoms with Crippen LogP contribution in [0.3, 0.4) is 0 Å². The van der Waals surface area contributed by atoms with Crippen LogP contribution in [0.5, 0.6) is 0 Å². The van der Waals surface area contributed by atoms with Gasteiger partial charge in [0.05, 0.1) is 0 Å². The van der Waals surface area contributed by atoms with Crippen molar-refractivity contribution in [2.24, 2.45) is 28.2 Å². The van der Waals surface area contributed by atoms with Crippen molar-refractivity contribution in [1.82, 2.24) is 0 Å². The van der Waals surface area contributed by atoms with Gasteiger partial charge in [-0.05, 0) is 48.2 Å². The Morgan fingerprint density at radius 3 is 2.89 bits per heavy atom. The van der Waals surface area contributed by atoms with Gasteiger partial charge in [0.25, 0.3) is 0 Å². The van der Waals surface area contributed by atoms with E-state index in [9.17, 15) is 0 Å². The molecule has 0 bridgehead atoms. The third-order valence-electron chi connectivity index (χ3n) is 5.09. The van der Waals surface area contributed by atoms with E-state index in [1.165, 1.54) is 19.3 Å². The van der Waals surface area contributed by atoms with E-state index in [0.29, 0.717) is 0 Å². The molecule has 3 rings (SSSR count). The smallest absolute Gasteiger partial charge is 0.0273 e. The minimum absolute atomic E-state index is 0.198. The highest BCUT2D eigenvalue weighted by molar-refractivity contribution is 5.72. The van der Waals surface area contributed by atoms with E-state index in [-0.39, 0.29) is 5.41 Å². The molecular weight excluding hydrogens is 218 g/mol. The van der Waals surface area contributed by atoms with Crippen LogP contribution in [0.25, 0.3) is 0 Å². The maximum absolute atomic E-state index is 4.31. The molecule has 0 N–H and O–H groups in total. The number of hydrogen-bond acceptors (Lipinski definition) is 1. The van der Waals surface area contributed by atoms with Gasteiger partial charge in [-0.3, -0.25) is 4.99 Å². The fourth-order valence-corrected chi connectivity index (χ4v) is 4.16. The minimum atomic E-state index is 0.198. The molecular formula is C17H23N. The lowest BCUT2D eigenvalue weighted by atomic mass is 9.58. The summed E-state index contributed by atoms with van der Waals surface area (Å²) in [4.78, 5) is 4.31. The average molecular weight is 241 g/mol. The molecule has 3 aliphatic rings. The summed E-state index contributed by atoms with van der Waals surface area (Å²) in [6.45, 7) is 4.76. The predicted octanol–water partition coefficient (Wildman–Crippen LogP) is 4.18. The third-order valence-corrected chi connectivity index (χ3v) is 5.09. The molecule has 0 aromatic carbocycles. The predicted molar refractivity (Wildman–Crippen MR) is 77.8 cm³/mol. The van der Waals surface area contributed by atoms with Crippen LogP contribution >= 0.6 is 0 Å². The number of aliphatic imine (C=N–C) groups is 1. The van der Waals surface area contributed by atoms with Crippen molar-refractivity contribution in [3.05, 3.63) is 35.5 Å². The van der Waals surface area contributed by atoms with Gasteiger partial charge in [-0.15, -0.1) is 0 Å². The first-order valence-electron chi connectivity index (χ1n) is 7.18. The minimum Gasteiger partial charge on any atom is -0.300 e. The summed E-state index contributed by atoms with van der Waals surface area (Å²) in [7, 11) is 1.90. The highest BCUT2D eigenvalue weighted by Gasteiger charge is 2.53. The molecule has 0 saturated heterocycles. The topological polar surface area (TPSA) is 12.4 Å². The van der Waals surface area contributed by atoms with Gasteiger partial charge in [0.1, 0.15) is 0 Å². The van der Waals surface area contributed by atoms with Gasteiger partial charge in [-0.25, -0.2) is 0 Å². The first-order valence-corrected chi connectivity index (χ1v) is 7.18. The monoisotopic (exact) mass is 241 g/mol. The van der Waals surface area contributed by atoms with E-state index in [4.69, 9.17) is 0 Å². The Bertz CT molecular complexity index is 466. The second kappa shape index (κ2) is 4.22. The Hall–Kier alpha value is -1.11. The third kappa shape index (κ3) is 1.64. The maximum atomic E-state index is 4.31. The zero-order valence-electron chi connectivity index (χ0n) is 11.7. The van der Waals surface area contributed by atoms with E-state index in [0.717, 1.165) is 17.8 Å². The summed E-state index contributed by atoms with van der Waals surface area (Å²) >= 11 is 0. The van der Waals surface area contributed by atoms with Crippen LogP contribution in [0.2, 0.25) is 0 Å². The molecule has 1 fully saturated rings. The molecule has 1 heteroatoms. The van der Waals surface area contributed by atoms with Gasteiger partial charge in [0.15, 0.2) is 0 Å². The van der Waals surface area contributed by atoms with Crippen molar-refractivity contribution >= 4 is 6.21 Å². The maximum Gasteiger partial charge on any atom is 0.0273 e. The SMILES string of the molecule is C/N=C\C1(C)C=C(C2=CC=CCC2)C2C(C)CC21. The molecule has 1 saturated carbocycles. The fourth-order valence-electron chi connectivity index (χ4n) is 4.16. The number of allylic oxidation sites excluding steroid dienone is 6. The molecule has 0 amide bonds. The average Bonchev–Trinajstić information content (AvgIpc) is 2.59. The Labute approximate surface area is 110 Å². The second-order valence-electron chi connectivity index (χ2n) is 6.36.